The van der Waals surface area contributed by atoms with E-state index in [4.69, 9.17) is 0 Å². The van der Waals surface area contributed by atoms with Crippen LogP contribution in [0.4, 0.5) is 0 Å². The lowest BCUT2D eigenvalue weighted by Gasteiger charge is -2.25. The molecule has 3 heteroatoms. The van der Waals surface area contributed by atoms with Crippen molar-refractivity contribution in [1.82, 2.24) is 9.88 Å². The Labute approximate surface area is 118 Å². The minimum Gasteiger partial charge on any atom is -0.348 e. The number of nitrogens with one attached hydrogen (secondary N) is 1. The van der Waals surface area contributed by atoms with Gasteiger partial charge in [-0.3, -0.25) is 0 Å². The molecule has 98 valence electrons. The molecule has 2 nitrogen and oxygen atoms in total. The van der Waals surface area contributed by atoms with Crippen LogP contribution in [0.2, 0.25) is 0 Å². The minimum absolute atomic E-state index is 0.131. The Bertz CT molecular complexity index is 582. The molecule has 0 bridgehead atoms. The second-order valence-corrected chi connectivity index (χ2v) is 6.51. The normalized spacial score (nSPS) is 12.3. The molecule has 2 rings (SSSR count). The van der Waals surface area contributed by atoms with Crippen LogP contribution in [0.1, 0.15) is 25.1 Å². The minimum atomic E-state index is 0.131. The lowest BCUT2D eigenvalue weighted by atomic mass is 9.82. The molecule has 0 radical (unpaired) electrons. The van der Waals surface area contributed by atoms with Crippen LogP contribution in [0.3, 0.4) is 0 Å². The summed E-state index contributed by atoms with van der Waals surface area (Å²) in [6.07, 6.45) is 0. The van der Waals surface area contributed by atoms with E-state index in [1.165, 1.54) is 22.2 Å². The average molecular weight is 309 g/mol. The van der Waals surface area contributed by atoms with Crippen molar-refractivity contribution in [2.45, 2.75) is 26.2 Å². The number of halogens is 1. The lowest BCUT2D eigenvalue weighted by molar-refractivity contribution is 0.493. The molecule has 0 spiro atoms. The van der Waals surface area contributed by atoms with E-state index in [0.717, 1.165) is 11.0 Å². The summed E-state index contributed by atoms with van der Waals surface area (Å²) in [5.74, 6) is 0. The maximum absolute atomic E-state index is 3.56. The molecule has 1 aromatic carbocycles. The monoisotopic (exact) mass is 308 g/mol. The standard InChI is InChI=1S/C15H21BrN2/c1-10-14(15(2,3)9-17-4)12-7-6-11(16)8-13(12)18(10)5/h6-8,17H,9H2,1-5H3. The Hall–Kier alpha value is -0.800. The molecule has 0 saturated heterocycles. The summed E-state index contributed by atoms with van der Waals surface area (Å²) >= 11 is 3.56. The molecule has 0 unspecified atom stereocenters. The highest BCUT2D eigenvalue weighted by atomic mass is 79.9. The Morgan fingerprint density at radius 2 is 2.00 bits per heavy atom. The topological polar surface area (TPSA) is 17.0 Å². The third-order valence-electron chi connectivity index (χ3n) is 3.75. The quantitative estimate of drug-likeness (QED) is 0.914. The number of fused-ring (bicyclic) bond motifs is 1. The molecule has 0 aliphatic carbocycles. The summed E-state index contributed by atoms with van der Waals surface area (Å²) in [7, 11) is 4.15. The summed E-state index contributed by atoms with van der Waals surface area (Å²) in [4.78, 5) is 0. The molecule has 0 aliphatic heterocycles. The van der Waals surface area contributed by atoms with Gasteiger partial charge < -0.3 is 9.88 Å². The average Bonchev–Trinajstić information content (AvgIpc) is 2.53. The van der Waals surface area contributed by atoms with E-state index in [2.05, 4.69) is 71.8 Å². The summed E-state index contributed by atoms with van der Waals surface area (Å²) in [5.41, 5.74) is 4.22. The first-order chi connectivity index (χ1) is 8.38. The first-order valence-corrected chi connectivity index (χ1v) is 7.07. The van der Waals surface area contributed by atoms with Gasteiger partial charge in [-0.25, -0.2) is 0 Å². The number of likely N-dealkylation sites (N-methyl/N-ethyl adjacent to an activating group) is 1. The molecule has 18 heavy (non-hydrogen) atoms. The van der Waals surface area contributed by atoms with Gasteiger partial charge in [-0.2, -0.15) is 0 Å². The number of nitrogens with zero attached hydrogens (tertiary/aromatic N) is 1. The highest BCUT2D eigenvalue weighted by Crippen LogP contribution is 2.35. The second kappa shape index (κ2) is 4.71. The molecule has 0 saturated carbocycles. The van der Waals surface area contributed by atoms with E-state index in [9.17, 15) is 0 Å². The van der Waals surface area contributed by atoms with Crippen molar-refractivity contribution in [2.24, 2.45) is 7.05 Å². The molecule has 2 aromatic rings. The molecule has 1 N–H and O–H groups in total. The lowest BCUT2D eigenvalue weighted by Crippen LogP contribution is -2.31. The molecule has 0 amide bonds. The van der Waals surface area contributed by atoms with Gasteiger partial charge >= 0.3 is 0 Å². The van der Waals surface area contributed by atoms with Crippen molar-refractivity contribution >= 4 is 26.8 Å². The van der Waals surface area contributed by atoms with Crippen molar-refractivity contribution in [3.05, 3.63) is 33.9 Å². The predicted octanol–water partition coefficient (Wildman–Crippen LogP) is 3.75. The number of aromatic nitrogens is 1. The van der Waals surface area contributed by atoms with Crippen LogP contribution >= 0.6 is 15.9 Å². The van der Waals surface area contributed by atoms with Crippen molar-refractivity contribution in [1.29, 1.82) is 0 Å². The largest absolute Gasteiger partial charge is 0.348 e. The van der Waals surface area contributed by atoms with Crippen LogP contribution in [-0.2, 0) is 12.5 Å². The Morgan fingerprint density at radius 3 is 2.61 bits per heavy atom. The zero-order valence-electron chi connectivity index (χ0n) is 11.8. The first kappa shape index (κ1) is 13.6. The van der Waals surface area contributed by atoms with E-state index < -0.39 is 0 Å². The van der Waals surface area contributed by atoms with Crippen LogP contribution < -0.4 is 5.32 Å². The Kier molecular flexibility index (Phi) is 3.56. The number of rotatable bonds is 3. The van der Waals surface area contributed by atoms with Crippen molar-refractivity contribution in [3.63, 3.8) is 0 Å². The number of hydrogen-bond acceptors (Lipinski definition) is 1. The molecule has 1 heterocycles. The highest BCUT2D eigenvalue weighted by molar-refractivity contribution is 9.10. The van der Waals surface area contributed by atoms with E-state index >= 15 is 0 Å². The molecule has 0 fully saturated rings. The number of hydrogen-bond donors (Lipinski definition) is 1. The van der Waals surface area contributed by atoms with E-state index in [0.29, 0.717) is 0 Å². The third-order valence-corrected chi connectivity index (χ3v) is 4.24. The van der Waals surface area contributed by atoms with Crippen molar-refractivity contribution in [2.75, 3.05) is 13.6 Å². The molecular formula is C15H21BrN2. The maximum Gasteiger partial charge on any atom is 0.0494 e. The fraction of sp³-hybridized carbons (Fsp3) is 0.467. The smallest absolute Gasteiger partial charge is 0.0494 e. The van der Waals surface area contributed by atoms with Gasteiger partial charge in [0.05, 0.1) is 0 Å². The summed E-state index contributed by atoms with van der Waals surface area (Å²) < 4.78 is 3.42. The SMILES string of the molecule is CNCC(C)(C)c1c(C)n(C)c2cc(Br)ccc12. The number of aryl methyl sites for hydroxylation is 1. The third kappa shape index (κ3) is 2.10. The van der Waals surface area contributed by atoms with Gasteiger partial charge in [0, 0.05) is 40.1 Å². The summed E-state index contributed by atoms with van der Waals surface area (Å²) in [5, 5.41) is 4.66. The fourth-order valence-electron chi connectivity index (χ4n) is 2.92. The Morgan fingerprint density at radius 1 is 1.33 bits per heavy atom. The van der Waals surface area contributed by atoms with Crippen LogP contribution in [0.5, 0.6) is 0 Å². The van der Waals surface area contributed by atoms with Gasteiger partial charge in [-0.1, -0.05) is 35.8 Å². The van der Waals surface area contributed by atoms with Crippen LogP contribution in [-0.4, -0.2) is 18.2 Å². The molecule has 0 aliphatic rings. The Balaban J connectivity index is 2.75. The molecular weight excluding hydrogens is 288 g/mol. The van der Waals surface area contributed by atoms with Gasteiger partial charge in [0.2, 0.25) is 0 Å². The maximum atomic E-state index is 3.56. The predicted molar refractivity (Wildman–Crippen MR) is 82.3 cm³/mol. The van der Waals surface area contributed by atoms with Crippen LogP contribution in [0, 0.1) is 6.92 Å². The van der Waals surface area contributed by atoms with Crippen molar-refractivity contribution in [3.8, 4) is 0 Å². The van der Waals surface area contributed by atoms with Crippen molar-refractivity contribution < 1.29 is 0 Å². The zero-order valence-corrected chi connectivity index (χ0v) is 13.4. The van der Waals surface area contributed by atoms with E-state index in [1.54, 1.807) is 0 Å². The number of benzene rings is 1. The first-order valence-electron chi connectivity index (χ1n) is 6.28. The molecule has 1 aromatic heterocycles. The second-order valence-electron chi connectivity index (χ2n) is 5.60. The van der Waals surface area contributed by atoms with Gasteiger partial charge in [0.25, 0.3) is 0 Å². The van der Waals surface area contributed by atoms with Gasteiger partial charge in [0.1, 0.15) is 0 Å². The van der Waals surface area contributed by atoms with Gasteiger partial charge in [-0.05, 0) is 31.7 Å². The summed E-state index contributed by atoms with van der Waals surface area (Å²) in [6.45, 7) is 7.78. The highest BCUT2D eigenvalue weighted by Gasteiger charge is 2.26. The van der Waals surface area contributed by atoms with Gasteiger partial charge in [-0.15, -0.1) is 0 Å². The van der Waals surface area contributed by atoms with Crippen LogP contribution in [0.15, 0.2) is 22.7 Å². The zero-order chi connectivity index (χ0) is 13.5. The fourth-order valence-corrected chi connectivity index (χ4v) is 3.27. The summed E-state index contributed by atoms with van der Waals surface area (Å²) in [6, 6.07) is 6.54. The van der Waals surface area contributed by atoms with Crippen LogP contribution in [0.25, 0.3) is 10.9 Å². The molecule has 0 atom stereocenters. The van der Waals surface area contributed by atoms with Gasteiger partial charge in [0.15, 0.2) is 0 Å². The van der Waals surface area contributed by atoms with E-state index in [1.807, 2.05) is 7.05 Å². The van der Waals surface area contributed by atoms with E-state index in [-0.39, 0.29) is 5.41 Å².